The Labute approximate surface area is 109 Å². The molecular weight excluding hydrogens is 228 g/mol. The third kappa shape index (κ3) is 3.15. The average molecular weight is 250 g/mol. The minimum atomic E-state index is 0.168. The first kappa shape index (κ1) is 13.2. The van der Waals surface area contributed by atoms with Gasteiger partial charge in [0.05, 0.1) is 18.9 Å². The summed E-state index contributed by atoms with van der Waals surface area (Å²) in [5.74, 6) is 0.972. The molecule has 1 aliphatic rings. The quantitative estimate of drug-likeness (QED) is 0.825. The molecule has 0 radical (unpaired) electrons. The fraction of sp³-hybridized carbons (Fsp3) is 0.571. The van der Waals surface area contributed by atoms with Gasteiger partial charge >= 0.3 is 0 Å². The Morgan fingerprint density at radius 1 is 1.44 bits per heavy atom. The Balaban J connectivity index is 2.03. The van der Waals surface area contributed by atoms with E-state index in [2.05, 4.69) is 16.3 Å². The number of hydrogen-bond donors (Lipinski definition) is 2. The van der Waals surface area contributed by atoms with Gasteiger partial charge in [0.1, 0.15) is 5.75 Å². The molecule has 4 nitrogen and oxygen atoms in total. The van der Waals surface area contributed by atoms with Crippen LogP contribution >= 0.6 is 0 Å². The maximum atomic E-state index is 9.20. The van der Waals surface area contributed by atoms with Crippen molar-refractivity contribution in [2.75, 3.05) is 38.3 Å². The molecule has 2 rings (SSSR count). The second kappa shape index (κ2) is 6.61. The van der Waals surface area contributed by atoms with E-state index < -0.39 is 0 Å². The van der Waals surface area contributed by atoms with Crippen molar-refractivity contribution in [3.63, 3.8) is 0 Å². The molecule has 2 N–H and O–H groups in total. The standard InChI is InChI=1S/C14H22N2O2/c1-15-12(11-17)7-9-16-8-4-10-18-14-6-3-2-5-13(14)16/h2-3,5-6,12,15,17H,4,7-11H2,1H3. The lowest BCUT2D eigenvalue weighted by atomic mass is 10.2. The van der Waals surface area contributed by atoms with Gasteiger partial charge in [-0.25, -0.2) is 0 Å². The van der Waals surface area contributed by atoms with Crippen LogP contribution in [0.4, 0.5) is 5.69 Å². The van der Waals surface area contributed by atoms with Crippen molar-refractivity contribution in [3.05, 3.63) is 24.3 Å². The molecule has 4 heteroatoms. The van der Waals surface area contributed by atoms with Crippen molar-refractivity contribution in [2.45, 2.75) is 18.9 Å². The topological polar surface area (TPSA) is 44.7 Å². The zero-order valence-electron chi connectivity index (χ0n) is 10.9. The Morgan fingerprint density at radius 2 is 2.28 bits per heavy atom. The highest BCUT2D eigenvalue weighted by Crippen LogP contribution is 2.30. The zero-order chi connectivity index (χ0) is 12.8. The lowest BCUT2D eigenvalue weighted by Gasteiger charge is -2.25. The van der Waals surface area contributed by atoms with Crippen molar-refractivity contribution < 1.29 is 9.84 Å². The molecule has 1 unspecified atom stereocenters. The van der Waals surface area contributed by atoms with Gasteiger partial charge in [-0.3, -0.25) is 0 Å². The largest absolute Gasteiger partial charge is 0.491 e. The Bertz CT molecular complexity index is 367. The summed E-state index contributed by atoms with van der Waals surface area (Å²) in [5.41, 5.74) is 1.17. The number of para-hydroxylation sites is 2. The van der Waals surface area contributed by atoms with Gasteiger partial charge in [0.15, 0.2) is 0 Å². The van der Waals surface area contributed by atoms with Gasteiger partial charge < -0.3 is 20.1 Å². The predicted molar refractivity (Wildman–Crippen MR) is 73.3 cm³/mol. The van der Waals surface area contributed by atoms with Crippen LogP contribution in [0.3, 0.4) is 0 Å². The monoisotopic (exact) mass is 250 g/mol. The van der Waals surface area contributed by atoms with Crippen LogP contribution in [0.2, 0.25) is 0 Å². The minimum Gasteiger partial charge on any atom is -0.491 e. The maximum absolute atomic E-state index is 9.20. The summed E-state index contributed by atoms with van der Waals surface area (Å²) >= 11 is 0. The molecule has 0 aromatic heterocycles. The van der Waals surface area contributed by atoms with E-state index in [1.54, 1.807) is 0 Å². The van der Waals surface area contributed by atoms with Gasteiger partial charge in [-0.05, 0) is 32.0 Å². The summed E-state index contributed by atoms with van der Waals surface area (Å²) in [6, 6.07) is 8.35. The number of anilines is 1. The molecule has 0 fully saturated rings. The molecular formula is C14H22N2O2. The Morgan fingerprint density at radius 3 is 3.06 bits per heavy atom. The van der Waals surface area contributed by atoms with E-state index in [-0.39, 0.29) is 12.6 Å². The van der Waals surface area contributed by atoms with Crippen molar-refractivity contribution in [1.82, 2.24) is 5.32 Å². The molecule has 1 heterocycles. The second-order valence-corrected chi connectivity index (χ2v) is 4.61. The highest BCUT2D eigenvalue weighted by atomic mass is 16.5. The summed E-state index contributed by atoms with van der Waals surface area (Å²) in [6.07, 6.45) is 1.97. The summed E-state index contributed by atoms with van der Waals surface area (Å²) in [7, 11) is 1.89. The lowest BCUT2D eigenvalue weighted by Crippen LogP contribution is -2.35. The number of hydrogen-bond acceptors (Lipinski definition) is 4. The minimum absolute atomic E-state index is 0.168. The van der Waals surface area contributed by atoms with E-state index in [0.29, 0.717) is 0 Å². The van der Waals surface area contributed by atoms with Crippen LogP contribution in [-0.2, 0) is 0 Å². The number of aliphatic hydroxyl groups excluding tert-OH is 1. The van der Waals surface area contributed by atoms with Crippen LogP contribution in [0.25, 0.3) is 0 Å². The lowest BCUT2D eigenvalue weighted by molar-refractivity contribution is 0.243. The van der Waals surface area contributed by atoms with Crippen LogP contribution in [-0.4, -0.2) is 44.5 Å². The fourth-order valence-corrected chi connectivity index (χ4v) is 2.27. The van der Waals surface area contributed by atoms with Gasteiger partial charge in [-0.2, -0.15) is 0 Å². The fourth-order valence-electron chi connectivity index (χ4n) is 2.27. The third-order valence-electron chi connectivity index (χ3n) is 3.41. The molecule has 1 atom stereocenters. The molecule has 1 aromatic carbocycles. The van der Waals surface area contributed by atoms with Crippen LogP contribution in [0.5, 0.6) is 5.75 Å². The van der Waals surface area contributed by atoms with E-state index in [4.69, 9.17) is 4.74 Å². The Kier molecular flexibility index (Phi) is 4.84. The van der Waals surface area contributed by atoms with E-state index in [1.807, 2.05) is 25.2 Å². The predicted octanol–water partition coefficient (Wildman–Crippen LogP) is 1.25. The van der Waals surface area contributed by atoms with E-state index in [0.717, 1.165) is 38.3 Å². The normalized spacial score (nSPS) is 16.7. The van der Waals surface area contributed by atoms with E-state index >= 15 is 0 Å². The van der Waals surface area contributed by atoms with Crippen LogP contribution in [0.1, 0.15) is 12.8 Å². The first-order valence-electron chi connectivity index (χ1n) is 6.60. The SMILES string of the molecule is CNC(CO)CCN1CCCOc2ccccc21. The van der Waals surface area contributed by atoms with Gasteiger partial charge in [-0.15, -0.1) is 0 Å². The molecule has 1 aromatic rings. The number of aliphatic hydroxyl groups is 1. The van der Waals surface area contributed by atoms with Crippen molar-refractivity contribution in [1.29, 1.82) is 0 Å². The molecule has 0 saturated heterocycles. The average Bonchev–Trinajstić information content (AvgIpc) is 2.62. The Hall–Kier alpha value is -1.26. The number of nitrogens with zero attached hydrogens (tertiary/aromatic N) is 1. The maximum Gasteiger partial charge on any atom is 0.142 e. The first-order chi connectivity index (χ1) is 8.85. The molecule has 0 bridgehead atoms. The van der Waals surface area contributed by atoms with Gasteiger partial charge in [-0.1, -0.05) is 12.1 Å². The molecule has 100 valence electrons. The molecule has 0 amide bonds. The number of ether oxygens (including phenoxy) is 1. The second-order valence-electron chi connectivity index (χ2n) is 4.61. The van der Waals surface area contributed by atoms with Crippen LogP contribution < -0.4 is 15.0 Å². The van der Waals surface area contributed by atoms with E-state index in [1.165, 1.54) is 5.69 Å². The zero-order valence-corrected chi connectivity index (χ0v) is 10.9. The van der Waals surface area contributed by atoms with Gasteiger partial charge in [0, 0.05) is 19.1 Å². The number of benzene rings is 1. The number of fused-ring (bicyclic) bond motifs is 1. The summed E-state index contributed by atoms with van der Waals surface area (Å²) in [4.78, 5) is 2.35. The van der Waals surface area contributed by atoms with Crippen molar-refractivity contribution in [3.8, 4) is 5.75 Å². The van der Waals surface area contributed by atoms with Crippen LogP contribution in [0.15, 0.2) is 24.3 Å². The number of rotatable bonds is 5. The molecule has 0 saturated carbocycles. The molecule has 1 aliphatic heterocycles. The number of likely N-dealkylation sites (N-methyl/N-ethyl adjacent to an activating group) is 1. The molecule has 18 heavy (non-hydrogen) atoms. The van der Waals surface area contributed by atoms with E-state index in [9.17, 15) is 5.11 Å². The first-order valence-corrected chi connectivity index (χ1v) is 6.60. The smallest absolute Gasteiger partial charge is 0.142 e. The van der Waals surface area contributed by atoms with Gasteiger partial charge in [0.25, 0.3) is 0 Å². The van der Waals surface area contributed by atoms with Gasteiger partial charge in [0.2, 0.25) is 0 Å². The van der Waals surface area contributed by atoms with Crippen molar-refractivity contribution in [2.24, 2.45) is 0 Å². The summed E-state index contributed by atoms with van der Waals surface area (Å²) in [5, 5.41) is 12.3. The highest BCUT2D eigenvalue weighted by Gasteiger charge is 2.16. The van der Waals surface area contributed by atoms with Crippen LogP contribution in [0, 0.1) is 0 Å². The summed E-state index contributed by atoms with van der Waals surface area (Å²) in [6.45, 7) is 2.91. The highest BCUT2D eigenvalue weighted by molar-refractivity contribution is 5.58. The third-order valence-corrected chi connectivity index (χ3v) is 3.41. The molecule has 0 spiro atoms. The number of nitrogens with one attached hydrogen (secondary N) is 1. The van der Waals surface area contributed by atoms with Crippen molar-refractivity contribution >= 4 is 5.69 Å². The molecule has 0 aliphatic carbocycles. The summed E-state index contributed by atoms with van der Waals surface area (Å²) < 4.78 is 5.73.